The lowest BCUT2D eigenvalue weighted by Crippen LogP contribution is -2.22. The van der Waals surface area contributed by atoms with E-state index in [4.69, 9.17) is 4.42 Å². The average Bonchev–Trinajstić information content (AvgIpc) is 2.90. The van der Waals surface area contributed by atoms with Crippen molar-refractivity contribution in [1.82, 2.24) is 5.32 Å². The van der Waals surface area contributed by atoms with Gasteiger partial charge in [-0.2, -0.15) is 0 Å². The van der Waals surface area contributed by atoms with Crippen molar-refractivity contribution >= 4 is 15.9 Å². The third kappa shape index (κ3) is 4.50. The monoisotopic (exact) mass is 335 g/mol. The minimum atomic E-state index is 0.294. The molecule has 1 N–H and O–H groups in total. The zero-order valence-corrected chi connectivity index (χ0v) is 13.5. The summed E-state index contributed by atoms with van der Waals surface area (Å²) in [6.45, 7) is 3.20. The topological polar surface area (TPSA) is 25.2 Å². The van der Waals surface area contributed by atoms with Gasteiger partial charge >= 0.3 is 0 Å². The molecule has 1 atom stereocenters. The summed E-state index contributed by atoms with van der Waals surface area (Å²) in [5.41, 5.74) is 1.40. The van der Waals surface area contributed by atoms with E-state index < -0.39 is 0 Å². The Hall–Kier alpha value is -1.06. The molecule has 1 aromatic carbocycles. The van der Waals surface area contributed by atoms with E-state index in [-0.39, 0.29) is 0 Å². The fraction of sp³-hybridized carbons (Fsp3) is 0.412. The molecule has 0 amide bonds. The number of nitrogens with one attached hydrogen (secondary N) is 1. The molecule has 0 aliphatic heterocycles. The summed E-state index contributed by atoms with van der Waals surface area (Å²) in [4.78, 5) is 0. The van der Waals surface area contributed by atoms with Crippen LogP contribution in [-0.2, 0) is 6.42 Å². The zero-order valence-electron chi connectivity index (χ0n) is 11.9. The highest BCUT2D eigenvalue weighted by atomic mass is 79.9. The number of hydrogen-bond acceptors (Lipinski definition) is 2. The van der Waals surface area contributed by atoms with Crippen molar-refractivity contribution in [2.24, 2.45) is 0 Å². The first-order chi connectivity index (χ1) is 9.81. The first-order valence-electron chi connectivity index (χ1n) is 7.31. The van der Waals surface area contributed by atoms with E-state index in [0.29, 0.717) is 6.04 Å². The van der Waals surface area contributed by atoms with Crippen LogP contribution in [-0.4, -0.2) is 6.54 Å². The predicted octanol–water partition coefficient (Wildman–Crippen LogP) is 5.11. The molecule has 0 radical (unpaired) electrons. The van der Waals surface area contributed by atoms with Crippen molar-refractivity contribution < 1.29 is 4.42 Å². The van der Waals surface area contributed by atoms with E-state index in [0.717, 1.165) is 42.5 Å². The molecule has 0 aliphatic carbocycles. The third-order valence-electron chi connectivity index (χ3n) is 3.40. The van der Waals surface area contributed by atoms with Gasteiger partial charge in [0.05, 0.1) is 16.8 Å². The van der Waals surface area contributed by atoms with E-state index in [9.17, 15) is 0 Å². The van der Waals surface area contributed by atoms with Gasteiger partial charge < -0.3 is 9.73 Å². The van der Waals surface area contributed by atoms with E-state index in [1.54, 1.807) is 6.26 Å². The van der Waals surface area contributed by atoms with Gasteiger partial charge in [0, 0.05) is 0 Å². The Kier molecular flexibility index (Phi) is 6.34. The van der Waals surface area contributed by atoms with Gasteiger partial charge in [0.1, 0.15) is 5.76 Å². The minimum absolute atomic E-state index is 0.294. The van der Waals surface area contributed by atoms with Crippen LogP contribution in [0.15, 0.2) is 51.6 Å². The lowest BCUT2D eigenvalue weighted by atomic mass is 10.0. The maximum atomic E-state index is 5.62. The van der Waals surface area contributed by atoms with Gasteiger partial charge in [0.25, 0.3) is 0 Å². The van der Waals surface area contributed by atoms with Crippen molar-refractivity contribution in [2.75, 3.05) is 6.54 Å². The van der Waals surface area contributed by atoms with Gasteiger partial charge in [0.15, 0.2) is 0 Å². The highest BCUT2D eigenvalue weighted by Gasteiger charge is 2.16. The van der Waals surface area contributed by atoms with Gasteiger partial charge in [-0.05, 0) is 59.8 Å². The summed E-state index contributed by atoms with van der Waals surface area (Å²) in [6, 6.07) is 12.9. The zero-order chi connectivity index (χ0) is 14.2. The van der Waals surface area contributed by atoms with Crippen molar-refractivity contribution in [1.29, 1.82) is 0 Å². The van der Waals surface area contributed by atoms with Gasteiger partial charge in [-0.15, -0.1) is 0 Å². The molecule has 1 heterocycles. The molecule has 0 saturated heterocycles. The fourth-order valence-corrected chi connectivity index (χ4v) is 2.83. The summed E-state index contributed by atoms with van der Waals surface area (Å²) in [6.07, 6.45) is 6.23. The average molecular weight is 336 g/mol. The summed E-state index contributed by atoms with van der Waals surface area (Å²) in [7, 11) is 0. The number of hydrogen-bond donors (Lipinski definition) is 1. The highest BCUT2D eigenvalue weighted by Crippen LogP contribution is 2.28. The van der Waals surface area contributed by atoms with Crippen LogP contribution < -0.4 is 5.32 Å². The molecule has 0 spiro atoms. The number of aryl methyl sites for hydroxylation is 1. The Labute approximate surface area is 129 Å². The molecule has 3 heteroatoms. The molecule has 108 valence electrons. The fourth-order valence-electron chi connectivity index (χ4n) is 2.35. The van der Waals surface area contributed by atoms with E-state index >= 15 is 0 Å². The number of halogens is 1. The Bertz CT molecular complexity index is 495. The Morgan fingerprint density at radius 2 is 2.00 bits per heavy atom. The maximum Gasteiger partial charge on any atom is 0.134 e. The smallest absolute Gasteiger partial charge is 0.134 e. The van der Waals surface area contributed by atoms with E-state index in [2.05, 4.69) is 58.5 Å². The molecule has 20 heavy (non-hydrogen) atoms. The minimum Gasteiger partial charge on any atom is -0.466 e. The van der Waals surface area contributed by atoms with Crippen LogP contribution in [0.2, 0.25) is 0 Å². The molecule has 2 nitrogen and oxygen atoms in total. The lowest BCUT2D eigenvalue weighted by molar-refractivity contribution is 0.387. The highest BCUT2D eigenvalue weighted by molar-refractivity contribution is 9.10. The van der Waals surface area contributed by atoms with Gasteiger partial charge in [-0.25, -0.2) is 0 Å². The summed E-state index contributed by atoms with van der Waals surface area (Å²) in [5.74, 6) is 1.02. The standard InChI is InChI=1S/C17H22BrNO/c1-2-12-19-16(17-15(18)11-13-20-17)10-6-9-14-7-4-3-5-8-14/h3-5,7-8,11,13,16,19H,2,6,9-10,12H2,1H3. The van der Waals surface area contributed by atoms with E-state index in [1.165, 1.54) is 5.56 Å². The molecular weight excluding hydrogens is 314 g/mol. The van der Waals surface area contributed by atoms with Crippen molar-refractivity contribution in [3.05, 3.63) is 58.5 Å². The molecule has 1 unspecified atom stereocenters. The van der Waals surface area contributed by atoms with Crippen LogP contribution in [0.25, 0.3) is 0 Å². The first kappa shape index (κ1) is 15.3. The van der Waals surface area contributed by atoms with E-state index in [1.807, 2.05) is 6.07 Å². The molecule has 0 bridgehead atoms. The number of furan rings is 1. The third-order valence-corrected chi connectivity index (χ3v) is 4.06. The largest absolute Gasteiger partial charge is 0.466 e. The quantitative estimate of drug-likeness (QED) is 0.725. The van der Waals surface area contributed by atoms with Gasteiger partial charge in [-0.3, -0.25) is 0 Å². The van der Waals surface area contributed by atoms with Crippen LogP contribution in [0.5, 0.6) is 0 Å². The number of rotatable bonds is 8. The normalized spacial score (nSPS) is 12.5. The molecule has 2 rings (SSSR count). The van der Waals surface area contributed by atoms with Gasteiger partial charge in [0.2, 0.25) is 0 Å². The second-order valence-electron chi connectivity index (χ2n) is 5.02. The molecule has 0 fully saturated rings. The Balaban J connectivity index is 1.89. The molecule has 2 aromatic rings. The summed E-state index contributed by atoms with van der Waals surface area (Å²) >= 11 is 3.56. The Morgan fingerprint density at radius 1 is 1.20 bits per heavy atom. The lowest BCUT2D eigenvalue weighted by Gasteiger charge is -2.17. The number of benzene rings is 1. The van der Waals surface area contributed by atoms with Gasteiger partial charge in [-0.1, -0.05) is 37.3 Å². The van der Waals surface area contributed by atoms with Crippen LogP contribution in [0.3, 0.4) is 0 Å². The predicted molar refractivity (Wildman–Crippen MR) is 86.8 cm³/mol. The molecular formula is C17H22BrNO. The first-order valence-corrected chi connectivity index (χ1v) is 8.10. The SMILES string of the molecule is CCCNC(CCCc1ccccc1)c1occc1Br. The van der Waals surface area contributed by atoms with Crippen molar-refractivity contribution in [2.45, 2.75) is 38.6 Å². The van der Waals surface area contributed by atoms with Crippen LogP contribution in [0, 0.1) is 0 Å². The second kappa shape index (κ2) is 8.28. The maximum absolute atomic E-state index is 5.62. The van der Waals surface area contributed by atoms with Crippen LogP contribution in [0.1, 0.15) is 43.6 Å². The summed E-state index contributed by atoms with van der Waals surface area (Å²) < 4.78 is 6.68. The second-order valence-corrected chi connectivity index (χ2v) is 5.87. The van der Waals surface area contributed by atoms with Crippen molar-refractivity contribution in [3.8, 4) is 0 Å². The van der Waals surface area contributed by atoms with Crippen LogP contribution in [0.4, 0.5) is 0 Å². The summed E-state index contributed by atoms with van der Waals surface area (Å²) in [5, 5.41) is 3.58. The Morgan fingerprint density at radius 3 is 2.65 bits per heavy atom. The van der Waals surface area contributed by atoms with Crippen molar-refractivity contribution in [3.63, 3.8) is 0 Å². The molecule has 0 saturated carbocycles. The van der Waals surface area contributed by atoms with Crippen LogP contribution >= 0.6 is 15.9 Å². The molecule has 1 aromatic heterocycles. The molecule has 0 aliphatic rings.